The molecule has 0 aromatic heterocycles. The van der Waals surface area contributed by atoms with E-state index in [0.29, 0.717) is 24.2 Å². The molecule has 1 unspecified atom stereocenters. The number of rotatable bonds is 3. The van der Waals surface area contributed by atoms with E-state index in [1.165, 1.54) is 0 Å². The number of aryl methyl sites for hydroxylation is 1. The number of nitrogen functional groups attached to an aromatic ring is 1. The van der Waals surface area contributed by atoms with Crippen LogP contribution in [0.1, 0.15) is 28.8 Å². The predicted molar refractivity (Wildman–Crippen MR) is 69.1 cm³/mol. The molecule has 5 nitrogen and oxygen atoms in total. The van der Waals surface area contributed by atoms with Gasteiger partial charge in [0.1, 0.15) is 0 Å². The van der Waals surface area contributed by atoms with Gasteiger partial charge < -0.3 is 16.4 Å². The number of anilines is 1. The summed E-state index contributed by atoms with van der Waals surface area (Å²) in [5, 5.41) is 5.61. The highest BCUT2D eigenvalue weighted by Gasteiger charge is 2.21. The van der Waals surface area contributed by atoms with Gasteiger partial charge in [0.25, 0.3) is 5.91 Å². The van der Waals surface area contributed by atoms with Gasteiger partial charge in [-0.1, -0.05) is 12.1 Å². The third-order valence-electron chi connectivity index (χ3n) is 3.13. The van der Waals surface area contributed by atoms with Gasteiger partial charge in [-0.05, 0) is 25.0 Å². The maximum absolute atomic E-state index is 12.0. The molecule has 1 fully saturated rings. The average Bonchev–Trinajstić information content (AvgIpc) is 2.72. The van der Waals surface area contributed by atoms with Crippen LogP contribution in [0.5, 0.6) is 0 Å². The van der Waals surface area contributed by atoms with E-state index in [1.54, 1.807) is 6.07 Å². The highest BCUT2D eigenvalue weighted by molar-refractivity contribution is 6.00. The number of nitrogens with one attached hydrogen (secondary N) is 2. The summed E-state index contributed by atoms with van der Waals surface area (Å²) in [6, 6.07) is 5.41. The molecule has 1 heterocycles. The number of nitrogens with two attached hydrogens (primary N) is 1. The second-order valence-electron chi connectivity index (χ2n) is 4.55. The molecule has 18 heavy (non-hydrogen) atoms. The van der Waals surface area contributed by atoms with Gasteiger partial charge in [0.15, 0.2) is 0 Å². The molecular formula is C13H17N3O2. The lowest BCUT2D eigenvalue weighted by Crippen LogP contribution is -2.38. The number of hydrogen-bond acceptors (Lipinski definition) is 3. The van der Waals surface area contributed by atoms with Crippen LogP contribution in [0.15, 0.2) is 18.2 Å². The lowest BCUT2D eigenvalue weighted by molar-refractivity contribution is -0.119. The van der Waals surface area contributed by atoms with Gasteiger partial charge in [-0.25, -0.2) is 0 Å². The van der Waals surface area contributed by atoms with Crippen molar-refractivity contribution in [1.29, 1.82) is 0 Å². The van der Waals surface area contributed by atoms with E-state index in [-0.39, 0.29) is 17.9 Å². The molecular weight excluding hydrogens is 230 g/mol. The molecule has 1 aliphatic heterocycles. The Morgan fingerprint density at radius 2 is 2.33 bits per heavy atom. The third kappa shape index (κ3) is 2.61. The Morgan fingerprint density at radius 1 is 1.56 bits per heavy atom. The van der Waals surface area contributed by atoms with E-state index in [4.69, 9.17) is 5.73 Å². The minimum absolute atomic E-state index is 0.0340. The summed E-state index contributed by atoms with van der Waals surface area (Å²) >= 11 is 0. The number of amides is 2. The monoisotopic (exact) mass is 247 g/mol. The molecule has 0 radical (unpaired) electrons. The smallest absolute Gasteiger partial charge is 0.253 e. The Kier molecular flexibility index (Phi) is 3.50. The van der Waals surface area contributed by atoms with Crippen molar-refractivity contribution in [2.45, 2.75) is 25.8 Å². The van der Waals surface area contributed by atoms with E-state index in [2.05, 4.69) is 10.6 Å². The maximum Gasteiger partial charge on any atom is 0.253 e. The van der Waals surface area contributed by atoms with Crippen molar-refractivity contribution in [1.82, 2.24) is 10.6 Å². The van der Waals surface area contributed by atoms with Crippen LogP contribution in [-0.4, -0.2) is 24.4 Å². The van der Waals surface area contributed by atoms with E-state index in [0.717, 1.165) is 12.0 Å². The summed E-state index contributed by atoms with van der Waals surface area (Å²) in [5.74, 6) is -0.142. The molecule has 5 heteroatoms. The van der Waals surface area contributed by atoms with Crippen LogP contribution in [0, 0.1) is 6.92 Å². The van der Waals surface area contributed by atoms with Gasteiger partial charge in [0, 0.05) is 24.7 Å². The third-order valence-corrected chi connectivity index (χ3v) is 3.13. The van der Waals surface area contributed by atoms with Crippen LogP contribution < -0.4 is 16.4 Å². The van der Waals surface area contributed by atoms with Gasteiger partial charge in [-0.15, -0.1) is 0 Å². The molecule has 2 rings (SSSR count). The summed E-state index contributed by atoms with van der Waals surface area (Å²) < 4.78 is 0. The minimum Gasteiger partial charge on any atom is -0.398 e. The lowest BCUT2D eigenvalue weighted by atomic mass is 10.1. The molecule has 96 valence electrons. The number of carbonyl (C=O) groups is 2. The second-order valence-corrected chi connectivity index (χ2v) is 4.55. The first kappa shape index (κ1) is 12.4. The first-order chi connectivity index (χ1) is 8.58. The van der Waals surface area contributed by atoms with Gasteiger partial charge in [-0.2, -0.15) is 0 Å². The maximum atomic E-state index is 12.0. The highest BCUT2D eigenvalue weighted by atomic mass is 16.2. The molecule has 0 spiro atoms. The molecule has 0 aliphatic carbocycles. The van der Waals surface area contributed by atoms with Gasteiger partial charge >= 0.3 is 0 Å². The Labute approximate surface area is 106 Å². The summed E-state index contributed by atoms with van der Waals surface area (Å²) in [5.41, 5.74) is 7.64. The van der Waals surface area contributed by atoms with Crippen LogP contribution in [0.3, 0.4) is 0 Å². The average molecular weight is 247 g/mol. The quantitative estimate of drug-likeness (QED) is 0.683. The molecule has 1 atom stereocenters. The predicted octanol–water partition coefficient (Wildman–Crippen LogP) is 0.586. The molecule has 2 amide bonds. The van der Waals surface area contributed by atoms with Crippen LogP contribution in [0.4, 0.5) is 5.69 Å². The van der Waals surface area contributed by atoms with Crippen molar-refractivity contribution in [2.24, 2.45) is 0 Å². The normalized spacial score (nSPS) is 18.5. The molecule has 0 bridgehead atoms. The summed E-state index contributed by atoms with van der Waals surface area (Å²) in [6.07, 6.45) is 1.30. The SMILES string of the molecule is Cc1cccc(N)c1C(=O)NCC1CCC(=O)N1. The first-order valence-electron chi connectivity index (χ1n) is 6.00. The zero-order chi connectivity index (χ0) is 13.1. The van der Waals surface area contributed by atoms with Gasteiger partial charge in [0.2, 0.25) is 5.91 Å². The van der Waals surface area contributed by atoms with Crippen molar-refractivity contribution >= 4 is 17.5 Å². The topological polar surface area (TPSA) is 84.2 Å². The lowest BCUT2D eigenvalue weighted by Gasteiger charge is -2.13. The number of carbonyl (C=O) groups excluding carboxylic acids is 2. The van der Waals surface area contributed by atoms with Crippen LogP contribution in [0.25, 0.3) is 0 Å². The molecule has 4 N–H and O–H groups in total. The minimum atomic E-state index is -0.188. The Hall–Kier alpha value is -2.04. The largest absolute Gasteiger partial charge is 0.398 e. The summed E-state index contributed by atoms with van der Waals surface area (Å²) in [4.78, 5) is 23.1. The molecule has 1 saturated heterocycles. The Bertz CT molecular complexity index is 465. The van der Waals surface area contributed by atoms with Crippen molar-refractivity contribution in [3.05, 3.63) is 29.3 Å². The van der Waals surface area contributed by atoms with Crippen molar-refractivity contribution in [2.75, 3.05) is 12.3 Å². The van der Waals surface area contributed by atoms with Crippen LogP contribution in [-0.2, 0) is 4.79 Å². The van der Waals surface area contributed by atoms with Crippen molar-refractivity contribution in [3.63, 3.8) is 0 Å². The fraction of sp³-hybridized carbons (Fsp3) is 0.385. The summed E-state index contributed by atoms with van der Waals surface area (Å²) in [6.45, 7) is 2.29. The molecule has 1 aromatic rings. The van der Waals surface area contributed by atoms with Crippen molar-refractivity contribution in [3.8, 4) is 0 Å². The standard InChI is InChI=1S/C13H17N3O2/c1-8-3-2-4-10(14)12(8)13(18)15-7-9-5-6-11(17)16-9/h2-4,9H,5-7,14H2,1H3,(H,15,18)(H,16,17). The van der Waals surface area contributed by atoms with E-state index in [1.807, 2.05) is 19.1 Å². The molecule has 0 saturated carbocycles. The van der Waals surface area contributed by atoms with E-state index < -0.39 is 0 Å². The summed E-state index contributed by atoms with van der Waals surface area (Å²) in [7, 11) is 0. The van der Waals surface area contributed by atoms with E-state index in [9.17, 15) is 9.59 Å². The van der Waals surface area contributed by atoms with Gasteiger partial charge in [-0.3, -0.25) is 9.59 Å². The zero-order valence-electron chi connectivity index (χ0n) is 10.3. The Morgan fingerprint density at radius 3 is 2.94 bits per heavy atom. The fourth-order valence-electron chi connectivity index (χ4n) is 2.14. The van der Waals surface area contributed by atoms with Crippen molar-refractivity contribution < 1.29 is 9.59 Å². The van der Waals surface area contributed by atoms with Crippen LogP contribution >= 0.6 is 0 Å². The van der Waals surface area contributed by atoms with Gasteiger partial charge in [0.05, 0.1) is 5.56 Å². The highest BCUT2D eigenvalue weighted by Crippen LogP contribution is 2.16. The molecule has 1 aliphatic rings. The second kappa shape index (κ2) is 5.08. The molecule has 1 aromatic carbocycles. The van der Waals surface area contributed by atoms with E-state index >= 15 is 0 Å². The number of hydrogen-bond donors (Lipinski definition) is 3. The Balaban J connectivity index is 1.98. The zero-order valence-corrected chi connectivity index (χ0v) is 10.3. The first-order valence-corrected chi connectivity index (χ1v) is 6.00. The number of benzene rings is 1. The van der Waals surface area contributed by atoms with Crippen LogP contribution in [0.2, 0.25) is 0 Å². The fourth-order valence-corrected chi connectivity index (χ4v) is 2.14.